The summed E-state index contributed by atoms with van der Waals surface area (Å²) in [5, 5.41) is 0. The van der Waals surface area contributed by atoms with Gasteiger partial charge in [-0.05, 0) is 31.9 Å². The molecule has 0 bridgehead atoms. The number of fused-ring (bicyclic) bond motifs is 1. The van der Waals surface area contributed by atoms with Crippen molar-refractivity contribution in [3.63, 3.8) is 0 Å². The summed E-state index contributed by atoms with van der Waals surface area (Å²) in [6.45, 7) is 9.29. The van der Waals surface area contributed by atoms with Gasteiger partial charge in [0, 0.05) is 37.4 Å². The minimum absolute atomic E-state index is 0.652. The van der Waals surface area contributed by atoms with Crippen molar-refractivity contribution >= 4 is 5.82 Å². The third-order valence-electron chi connectivity index (χ3n) is 4.22. The van der Waals surface area contributed by atoms with Gasteiger partial charge in [0.15, 0.2) is 0 Å². The van der Waals surface area contributed by atoms with Crippen molar-refractivity contribution in [2.24, 2.45) is 0 Å². The summed E-state index contributed by atoms with van der Waals surface area (Å²) in [6, 6.07) is 7.67. The van der Waals surface area contributed by atoms with Crippen LogP contribution in [0.1, 0.15) is 18.5 Å². The lowest BCUT2D eigenvalue weighted by molar-refractivity contribution is 0.281. The molecule has 18 heavy (non-hydrogen) atoms. The maximum atomic E-state index is 4.67. The molecule has 0 unspecified atom stereocenters. The van der Waals surface area contributed by atoms with Crippen molar-refractivity contribution in [1.29, 1.82) is 0 Å². The van der Waals surface area contributed by atoms with Gasteiger partial charge in [-0.2, -0.15) is 0 Å². The summed E-state index contributed by atoms with van der Waals surface area (Å²) in [6.07, 6.45) is 4.54. The molecule has 0 spiro atoms. The number of anilines is 1. The highest BCUT2D eigenvalue weighted by atomic mass is 15.3. The third kappa shape index (κ3) is 1.93. The van der Waals surface area contributed by atoms with Gasteiger partial charge in [0.2, 0.25) is 0 Å². The second kappa shape index (κ2) is 4.73. The Bertz CT molecular complexity index is 443. The summed E-state index contributed by atoms with van der Waals surface area (Å²) in [5.74, 6) is 1.16. The van der Waals surface area contributed by atoms with Gasteiger partial charge in [-0.3, -0.25) is 4.90 Å². The molecule has 3 nitrogen and oxygen atoms in total. The first-order chi connectivity index (χ1) is 8.79. The number of aryl methyl sites for hydroxylation is 1. The van der Waals surface area contributed by atoms with Crippen LogP contribution in [0.15, 0.2) is 30.9 Å². The van der Waals surface area contributed by atoms with E-state index in [1.165, 1.54) is 19.4 Å². The molecule has 1 aromatic heterocycles. The van der Waals surface area contributed by atoms with Crippen LogP contribution in [-0.2, 0) is 0 Å². The average Bonchev–Trinajstić information content (AvgIpc) is 2.92. The van der Waals surface area contributed by atoms with Gasteiger partial charge in [-0.1, -0.05) is 12.1 Å². The van der Waals surface area contributed by atoms with Crippen LogP contribution in [0.2, 0.25) is 0 Å². The molecule has 2 aliphatic rings. The molecule has 96 valence electrons. The van der Waals surface area contributed by atoms with E-state index in [9.17, 15) is 0 Å². The SMILES string of the molecule is C=CCN1CC[C@H]2[C@H]1CCN2c1cccc(C)n1. The molecule has 2 aliphatic heterocycles. The Morgan fingerprint density at radius 2 is 2.17 bits per heavy atom. The monoisotopic (exact) mass is 243 g/mol. The molecule has 0 aliphatic carbocycles. The van der Waals surface area contributed by atoms with E-state index in [2.05, 4.69) is 46.5 Å². The fraction of sp³-hybridized carbons (Fsp3) is 0.533. The van der Waals surface area contributed by atoms with Gasteiger partial charge >= 0.3 is 0 Å². The zero-order valence-corrected chi connectivity index (χ0v) is 11.0. The van der Waals surface area contributed by atoms with E-state index >= 15 is 0 Å². The van der Waals surface area contributed by atoms with Crippen molar-refractivity contribution in [3.05, 3.63) is 36.5 Å². The number of likely N-dealkylation sites (tertiary alicyclic amines) is 1. The summed E-state index contributed by atoms with van der Waals surface area (Å²) in [4.78, 5) is 9.74. The Morgan fingerprint density at radius 1 is 1.33 bits per heavy atom. The third-order valence-corrected chi connectivity index (χ3v) is 4.22. The van der Waals surface area contributed by atoms with E-state index in [-0.39, 0.29) is 0 Å². The summed E-state index contributed by atoms with van der Waals surface area (Å²) in [5.41, 5.74) is 1.11. The molecule has 0 aromatic carbocycles. The summed E-state index contributed by atoms with van der Waals surface area (Å²) in [7, 11) is 0. The highest BCUT2D eigenvalue weighted by Gasteiger charge is 2.42. The molecule has 3 heteroatoms. The Morgan fingerprint density at radius 3 is 2.94 bits per heavy atom. The molecule has 0 N–H and O–H groups in total. The molecular weight excluding hydrogens is 222 g/mol. The van der Waals surface area contributed by atoms with Crippen molar-refractivity contribution in [2.75, 3.05) is 24.5 Å². The second-order valence-corrected chi connectivity index (χ2v) is 5.33. The summed E-state index contributed by atoms with van der Waals surface area (Å²) >= 11 is 0. The Labute approximate surface area is 109 Å². The first-order valence-electron chi connectivity index (χ1n) is 6.85. The van der Waals surface area contributed by atoms with Crippen LogP contribution in [0.4, 0.5) is 5.82 Å². The standard InChI is InChI=1S/C15H21N3/c1-3-9-17-10-7-14-13(17)8-11-18(14)15-6-4-5-12(2)16-15/h3-6,13-14H,1,7-11H2,2H3/t13-,14+/m1/s1. The predicted octanol–water partition coefficient (Wildman–Crippen LogP) is 2.23. The highest BCUT2D eigenvalue weighted by Crippen LogP contribution is 2.34. The van der Waals surface area contributed by atoms with E-state index in [0.29, 0.717) is 12.1 Å². The largest absolute Gasteiger partial charge is 0.352 e. The van der Waals surface area contributed by atoms with Crippen LogP contribution in [0.25, 0.3) is 0 Å². The summed E-state index contributed by atoms with van der Waals surface area (Å²) < 4.78 is 0. The molecule has 1 aromatic rings. The molecular formula is C15H21N3. The van der Waals surface area contributed by atoms with E-state index in [0.717, 1.165) is 24.6 Å². The molecule has 3 rings (SSSR count). The first-order valence-corrected chi connectivity index (χ1v) is 6.85. The fourth-order valence-corrected chi connectivity index (χ4v) is 3.44. The van der Waals surface area contributed by atoms with Crippen molar-refractivity contribution < 1.29 is 0 Å². The van der Waals surface area contributed by atoms with Crippen LogP contribution in [0.5, 0.6) is 0 Å². The van der Waals surface area contributed by atoms with Crippen LogP contribution >= 0.6 is 0 Å². The van der Waals surface area contributed by atoms with Gasteiger partial charge in [-0.25, -0.2) is 4.98 Å². The molecule has 0 radical (unpaired) electrons. The zero-order valence-electron chi connectivity index (χ0n) is 11.0. The molecule has 2 fully saturated rings. The number of rotatable bonds is 3. The quantitative estimate of drug-likeness (QED) is 0.759. The fourth-order valence-electron chi connectivity index (χ4n) is 3.44. The van der Waals surface area contributed by atoms with Gasteiger partial charge in [-0.15, -0.1) is 6.58 Å². The lowest BCUT2D eigenvalue weighted by Crippen LogP contribution is -2.36. The van der Waals surface area contributed by atoms with Crippen LogP contribution in [-0.4, -0.2) is 41.6 Å². The molecule has 0 saturated carbocycles. The van der Waals surface area contributed by atoms with E-state index in [4.69, 9.17) is 0 Å². The zero-order chi connectivity index (χ0) is 12.5. The van der Waals surface area contributed by atoms with Crippen molar-refractivity contribution in [3.8, 4) is 0 Å². The molecule has 0 amide bonds. The molecule has 2 saturated heterocycles. The lowest BCUT2D eigenvalue weighted by Gasteiger charge is -2.26. The highest BCUT2D eigenvalue weighted by molar-refractivity contribution is 5.43. The Kier molecular flexibility index (Phi) is 3.08. The van der Waals surface area contributed by atoms with Crippen LogP contribution in [0, 0.1) is 6.92 Å². The Balaban J connectivity index is 1.79. The van der Waals surface area contributed by atoms with E-state index < -0.39 is 0 Å². The smallest absolute Gasteiger partial charge is 0.129 e. The van der Waals surface area contributed by atoms with Gasteiger partial charge in [0.05, 0.1) is 0 Å². The number of aromatic nitrogens is 1. The van der Waals surface area contributed by atoms with Crippen LogP contribution < -0.4 is 4.90 Å². The van der Waals surface area contributed by atoms with Gasteiger partial charge in [0.1, 0.15) is 5.82 Å². The maximum absolute atomic E-state index is 4.67. The minimum atomic E-state index is 0.652. The van der Waals surface area contributed by atoms with E-state index in [1.54, 1.807) is 0 Å². The predicted molar refractivity (Wildman–Crippen MR) is 74.9 cm³/mol. The first kappa shape index (κ1) is 11.7. The van der Waals surface area contributed by atoms with E-state index in [1.807, 2.05) is 6.08 Å². The van der Waals surface area contributed by atoms with Gasteiger partial charge in [0.25, 0.3) is 0 Å². The maximum Gasteiger partial charge on any atom is 0.129 e. The normalized spacial score (nSPS) is 27.5. The van der Waals surface area contributed by atoms with Crippen molar-refractivity contribution in [2.45, 2.75) is 31.8 Å². The number of hydrogen-bond donors (Lipinski definition) is 0. The number of nitrogens with zero attached hydrogens (tertiary/aromatic N) is 3. The average molecular weight is 243 g/mol. The minimum Gasteiger partial charge on any atom is -0.352 e. The number of hydrogen-bond acceptors (Lipinski definition) is 3. The van der Waals surface area contributed by atoms with Crippen molar-refractivity contribution in [1.82, 2.24) is 9.88 Å². The van der Waals surface area contributed by atoms with Gasteiger partial charge < -0.3 is 4.90 Å². The van der Waals surface area contributed by atoms with Crippen LogP contribution in [0.3, 0.4) is 0 Å². The lowest BCUT2D eigenvalue weighted by atomic mass is 10.1. The number of pyridine rings is 1. The Hall–Kier alpha value is -1.35. The topological polar surface area (TPSA) is 19.4 Å². The second-order valence-electron chi connectivity index (χ2n) is 5.33. The molecule has 2 atom stereocenters. The molecule has 3 heterocycles.